The van der Waals surface area contributed by atoms with Crippen LogP contribution in [0.3, 0.4) is 0 Å². The third-order valence-corrected chi connectivity index (χ3v) is 4.84. The average Bonchev–Trinajstić information content (AvgIpc) is 2.78. The zero-order valence-electron chi connectivity index (χ0n) is 16.4. The Kier molecular flexibility index (Phi) is 7.26. The molecule has 2 aromatic rings. The lowest BCUT2D eigenvalue weighted by Crippen LogP contribution is -2.48. The lowest BCUT2D eigenvalue weighted by atomic mass is 10.1. The van der Waals surface area contributed by atoms with Gasteiger partial charge < -0.3 is 25.0 Å². The highest BCUT2D eigenvalue weighted by Crippen LogP contribution is 2.27. The quantitative estimate of drug-likeness (QED) is 0.706. The van der Waals surface area contributed by atoms with Crippen molar-refractivity contribution in [1.29, 1.82) is 0 Å². The summed E-state index contributed by atoms with van der Waals surface area (Å²) >= 11 is 5.91. The number of anilines is 1. The van der Waals surface area contributed by atoms with Gasteiger partial charge in [0.1, 0.15) is 11.9 Å². The lowest BCUT2D eigenvalue weighted by molar-refractivity contribution is -0.141. The van der Waals surface area contributed by atoms with Crippen LogP contribution in [0.2, 0.25) is 5.02 Å². The number of nitrogens with zero attached hydrogens (tertiary/aromatic N) is 1. The fourth-order valence-electron chi connectivity index (χ4n) is 3.05. The smallest absolute Gasteiger partial charge is 0.313 e. The maximum atomic E-state index is 12.5. The number of ether oxygens (including phenoxy) is 2. The molecule has 3 amide bonds. The Hall–Kier alpha value is -3.10. The molecular formula is C21H22ClN3O5. The van der Waals surface area contributed by atoms with Crippen molar-refractivity contribution in [2.24, 2.45) is 0 Å². The zero-order valence-corrected chi connectivity index (χ0v) is 17.1. The number of hydrogen-bond acceptors (Lipinski definition) is 5. The van der Waals surface area contributed by atoms with E-state index in [9.17, 15) is 14.4 Å². The van der Waals surface area contributed by atoms with Gasteiger partial charge in [-0.05, 0) is 23.8 Å². The third-order valence-electron chi connectivity index (χ3n) is 4.61. The highest BCUT2D eigenvalue weighted by Gasteiger charge is 2.26. The summed E-state index contributed by atoms with van der Waals surface area (Å²) in [7, 11) is 1.43. The summed E-state index contributed by atoms with van der Waals surface area (Å²) in [6.07, 6.45) is -0.224. The minimum atomic E-state index is -0.932. The first-order valence-electron chi connectivity index (χ1n) is 9.35. The molecule has 1 atom stereocenters. The van der Waals surface area contributed by atoms with E-state index in [4.69, 9.17) is 21.1 Å². The van der Waals surface area contributed by atoms with Crippen LogP contribution < -0.4 is 15.4 Å². The molecule has 30 heavy (non-hydrogen) atoms. The van der Waals surface area contributed by atoms with Gasteiger partial charge in [0.2, 0.25) is 5.91 Å². The van der Waals surface area contributed by atoms with Crippen LogP contribution in [0.4, 0.5) is 5.69 Å². The van der Waals surface area contributed by atoms with E-state index in [0.717, 1.165) is 5.56 Å². The van der Waals surface area contributed by atoms with Gasteiger partial charge in [0.05, 0.1) is 32.5 Å². The van der Waals surface area contributed by atoms with Gasteiger partial charge in [0, 0.05) is 11.6 Å². The fraction of sp³-hybridized carbons (Fsp3) is 0.286. The first-order chi connectivity index (χ1) is 14.5. The molecular weight excluding hydrogens is 410 g/mol. The second kappa shape index (κ2) is 10.1. The topological polar surface area (TPSA) is 97.0 Å². The predicted molar refractivity (Wildman–Crippen MR) is 111 cm³/mol. The van der Waals surface area contributed by atoms with E-state index in [1.54, 1.807) is 17.0 Å². The third kappa shape index (κ3) is 5.49. The van der Waals surface area contributed by atoms with Crippen molar-refractivity contribution in [2.45, 2.75) is 6.10 Å². The van der Waals surface area contributed by atoms with Gasteiger partial charge in [-0.25, -0.2) is 0 Å². The molecule has 0 unspecified atom stereocenters. The molecule has 1 heterocycles. The molecule has 1 fully saturated rings. The summed E-state index contributed by atoms with van der Waals surface area (Å²) in [4.78, 5) is 38.4. The van der Waals surface area contributed by atoms with Gasteiger partial charge in [-0.3, -0.25) is 14.4 Å². The van der Waals surface area contributed by atoms with Gasteiger partial charge in [-0.1, -0.05) is 41.9 Å². The molecule has 0 bridgehead atoms. The average molecular weight is 432 g/mol. The summed E-state index contributed by atoms with van der Waals surface area (Å²) < 4.78 is 10.9. The Morgan fingerprint density at radius 1 is 1.17 bits per heavy atom. The van der Waals surface area contributed by atoms with E-state index in [1.165, 1.54) is 13.2 Å². The Morgan fingerprint density at radius 2 is 1.93 bits per heavy atom. The normalized spacial score (nSPS) is 15.9. The van der Waals surface area contributed by atoms with Crippen molar-refractivity contribution >= 4 is 35.0 Å². The van der Waals surface area contributed by atoms with E-state index < -0.39 is 11.8 Å². The van der Waals surface area contributed by atoms with Crippen LogP contribution in [0.5, 0.6) is 5.75 Å². The standard InChI is InChI=1S/C21H22ClN3O5/c1-29-17-8-7-15(22)11-16(17)24-21(28)20(27)23-12-19(26)25-9-10-30-18(13-25)14-5-3-2-4-6-14/h2-8,11,18H,9-10,12-13H2,1H3,(H,23,27)(H,24,28)/t18-/m1/s1. The first kappa shape index (κ1) is 21.6. The number of hydrogen-bond donors (Lipinski definition) is 2. The largest absolute Gasteiger partial charge is 0.495 e. The maximum absolute atomic E-state index is 12.5. The number of benzene rings is 2. The summed E-state index contributed by atoms with van der Waals surface area (Å²) in [6, 6.07) is 14.2. The minimum Gasteiger partial charge on any atom is -0.495 e. The van der Waals surface area contributed by atoms with Crippen molar-refractivity contribution in [1.82, 2.24) is 10.2 Å². The summed E-state index contributed by atoms with van der Waals surface area (Å²) in [5, 5.41) is 5.16. The zero-order chi connectivity index (χ0) is 21.5. The number of amides is 3. The Bertz CT molecular complexity index is 922. The monoisotopic (exact) mass is 431 g/mol. The van der Waals surface area contributed by atoms with Gasteiger partial charge in [0.25, 0.3) is 0 Å². The number of carbonyl (C=O) groups excluding carboxylic acids is 3. The summed E-state index contributed by atoms with van der Waals surface area (Å²) in [6.45, 7) is 0.906. The molecule has 2 aromatic carbocycles. The van der Waals surface area contributed by atoms with E-state index >= 15 is 0 Å². The highest BCUT2D eigenvalue weighted by atomic mass is 35.5. The van der Waals surface area contributed by atoms with Crippen LogP contribution in [0.1, 0.15) is 11.7 Å². The van der Waals surface area contributed by atoms with Gasteiger partial charge in [0.15, 0.2) is 0 Å². The van der Waals surface area contributed by atoms with Crippen LogP contribution in [0.15, 0.2) is 48.5 Å². The van der Waals surface area contributed by atoms with E-state index in [2.05, 4.69) is 10.6 Å². The molecule has 0 aromatic heterocycles. The highest BCUT2D eigenvalue weighted by molar-refractivity contribution is 6.40. The van der Waals surface area contributed by atoms with Gasteiger partial charge in [-0.2, -0.15) is 0 Å². The molecule has 8 nitrogen and oxygen atoms in total. The Balaban J connectivity index is 1.52. The van der Waals surface area contributed by atoms with Gasteiger partial charge in [-0.15, -0.1) is 0 Å². The number of methoxy groups -OCH3 is 1. The van der Waals surface area contributed by atoms with E-state index in [-0.39, 0.29) is 24.2 Å². The number of nitrogens with one attached hydrogen (secondary N) is 2. The SMILES string of the molecule is COc1ccc(Cl)cc1NC(=O)C(=O)NCC(=O)N1CCO[C@@H](c2ccccc2)C1. The van der Waals surface area contributed by atoms with E-state index in [1.807, 2.05) is 30.3 Å². The summed E-state index contributed by atoms with van der Waals surface area (Å²) in [5.41, 5.74) is 1.24. The van der Waals surface area contributed by atoms with Crippen LogP contribution >= 0.6 is 11.6 Å². The molecule has 9 heteroatoms. The van der Waals surface area contributed by atoms with Crippen molar-refractivity contribution in [3.05, 3.63) is 59.1 Å². The second-order valence-corrected chi connectivity index (χ2v) is 7.03. The molecule has 2 N–H and O–H groups in total. The number of carbonyl (C=O) groups is 3. The second-order valence-electron chi connectivity index (χ2n) is 6.59. The van der Waals surface area contributed by atoms with Crippen LogP contribution in [-0.2, 0) is 19.1 Å². The van der Waals surface area contributed by atoms with E-state index in [0.29, 0.717) is 30.5 Å². The minimum absolute atomic E-state index is 0.224. The molecule has 0 aliphatic carbocycles. The number of halogens is 1. The fourth-order valence-corrected chi connectivity index (χ4v) is 3.22. The molecule has 1 saturated heterocycles. The molecule has 0 spiro atoms. The molecule has 0 radical (unpaired) electrons. The maximum Gasteiger partial charge on any atom is 0.313 e. The Morgan fingerprint density at radius 3 is 2.67 bits per heavy atom. The van der Waals surface area contributed by atoms with Crippen LogP contribution in [0, 0.1) is 0 Å². The molecule has 1 aliphatic heterocycles. The molecule has 158 valence electrons. The van der Waals surface area contributed by atoms with Crippen LogP contribution in [-0.4, -0.2) is 56.0 Å². The van der Waals surface area contributed by atoms with Crippen molar-refractivity contribution in [2.75, 3.05) is 38.7 Å². The van der Waals surface area contributed by atoms with Crippen molar-refractivity contribution in [3.8, 4) is 5.75 Å². The van der Waals surface area contributed by atoms with Crippen molar-refractivity contribution < 1.29 is 23.9 Å². The number of morpholine rings is 1. The number of rotatable bonds is 5. The summed E-state index contributed by atoms with van der Waals surface area (Å²) in [5.74, 6) is -1.79. The lowest BCUT2D eigenvalue weighted by Gasteiger charge is -2.33. The van der Waals surface area contributed by atoms with Crippen molar-refractivity contribution in [3.63, 3.8) is 0 Å². The molecule has 3 rings (SSSR count). The molecule has 0 saturated carbocycles. The first-order valence-corrected chi connectivity index (χ1v) is 9.72. The predicted octanol–water partition coefficient (Wildman–Crippen LogP) is 2.00. The van der Waals surface area contributed by atoms with Crippen LogP contribution in [0.25, 0.3) is 0 Å². The Labute approximate surface area is 179 Å². The van der Waals surface area contributed by atoms with Gasteiger partial charge >= 0.3 is 11.8 Å². The molecule has 1 aliphatic rings.